The van der Waals surface area contributed by atoms with Gasteiger partial charge in [-0.25, -0.2) is 0 Å². The molecule has 28 heavy (non-hydrogen) atoms. The van der Waals surface area contributed by atoms with Crippen molar-refractivity contribution in [2.24, 2.45) is 0 Å². The lowest BCUT2D eigenvalue weighted by Crippen LogP contribution is -2.51. The standard InChI is InChI=1S/C23H23BF2N2/c1-14-7-9-20(10-8-14)11-12-21-17(4)23-18(5)22-15(2)13-16(3)27(22)24(25,26)28(23)19(21)6/h7-10,13H,1-6H3. The fourth-order valence-electron chi connectivity index (χ4n) is 4.59. The van der Waals surface area contributed by atoms with Gasteiger partial charge >= 0.3 is 6.97 Å². The van der Waals surface area contributed by atoms with Gasteiger partial charge in [-0.1, -0.05) is 29.5 Å². The molecular formula is C23H23BF2N2. The average molecular weight is 376 g/mol. The Morgan fingerprint density at radius 2 is 1.57 bits per heavy atom. The highest BCUT2D eigenvalue weighted by Crippen LogP contribution is 2.42. The fourth-order valence-corrected chi connectivity index (χ4v) is 4.59. The first kappa shape index (κ1) is 18.5. The summed E-state index contributed by atoms with van der Waals surface area (Å²) in [6.07, 6.45) is 1.84. The van der Waals surface area contributed by atoms with Crippen LogP contribution >= 0.6 is 0 Å². The van der Waals surface area contributed by atoms with Gasteiger partial charge in [0.25, 0.3) is 0 Å². The second kappa shape index (κ2) is 6.07. The molecule has 0 atom stereocenters. The molecule has 0 bridgehead atoms. The first-order valence-electron chi connectivity index (χ1n) is 9.50. The molecule has 142 valence electrons. The van der Waals surface area contributed by atoms with Gasteiger partial charge in [-0.3, -0.25) is 0 Å². The van der Waals surface area contributed by atoms with Gasteiger partial charge in [0.05, 0.1) is 0 Å². The van der Waals surface area contributed by atoms with Crippen molar-refractivity contribution in [3.05, 3.63) is 75.3 Å². The summed E-state index contributed by atoms with van der Waals surface area (Å²) in [7, 11) is 0. The molecule has 2 aliphatic heterocycles. The topological polar surface area (TPSA) is 7.94 Å². The van der Waals surface area contributed by atoms with E-state index in [0.717, 1.165) is 27.8 Å². The van der Waals surface area contributed by atoms with E-state index in [1.807, 2.05) is 58.0 Å². The van der Waals surface area contributed by atoms with Crippen LogP contribution in [0.5, 0.6) is 0 Å². The van der Waals surface area contributed by atoms with Crippen LogP contribution in [0.1, 0.15) is 54.4 Å². The van der Waals surface area contributed by atoms with Crippen LogP contribution in [0.4, 0.5) is 8.63 Å². The van der Waals surface area contributed by atoms with Crippen LogP contribution in [-0.4, -0.2) is 21.6 Å². The van der Waals surface area contributed by atoms with Crippen molar-refractivity contribution in [2.75, 3.05) is 0 Å². The number of fused-ring (bicyclic) bond motifs is 2. The van der Waals surface area contributed by atoms with Crippen LogP contribution in [0, 0.1) is 32.6 Å². The van der Waals surface area contributed by atoms with E-state index in [1.54, 1.807) is 13.8 Å². The lowest BCUT2D eigenvalue weighted by molar-refractivity contribution is -0.363. The number of aryl methyl sites for hydroxylation is 1. The highest BCUT2D eigenvalue weighted by molar-refractivity contribution is 6.58. The molecule has 0 fully saturated rings. The summed E-state index contributed by atoms with van der Waals surface area (Å²) in [6, 6.07) is 7.92. The number of halogens is 2. The zero-order valence-electron chi connectivity index (χ0n) is 17.1. The van der Waals surface area contributed by atoms with Gasteiger partial charge in [-0.15, -0.1) is 0 Å². The zero-order valence-corrected chi connectivity index (χ0v) is 17.1. The molecule has 5 heteroatoms. The summed E-state index contributed by atoms with van der Waals surface area (Å²) in [6.45, 7) is 7.28. The first-order chi connectivity index (χ1) is 13.1. The number of nitrogens with zero attached hydrogens (tertiary/aromatic N) is 2. The van der Waals surface area contributed by atoms with E-state index in [0.29, 0.717) is 28.4 Å². The zero-order chi connectivity index (χ0) is 20.4. The van der Waals surface area contributed by atoms with Crippen molar-refractivity contribution >= 4 is 18.3 Å². The minimum atomic E-state index is -3.96. The minimum absolute atomic E-state index is 0.521. The van der Waals surface area contributed by atoms with E-state index in [-0.39, 0.29) is 0 Å². The maximum atomic E-state index is 15.6. The largest absolute Gasteiger partial charge is 0.737 e. The third-order valence-electron chi connectivity index (χ3n) is 5.83. The lowest BCUT2D eigenvalue weighted by Gasteiger charge is -2.32. The van der Waals surface area contributed by atoms with Crippen molar-refractivity contribution in [1.82, 2.24) is 4.48 Å². The molecule has 0 saturated carbocycles. The Bertz CT molecular complexity index is 1180. The molecule has 3 heterocycles. The fraction of sp³-hybridized carbons (Fsp3) is 0.261. The molecule has 0 aliphatic carbocycles. The molecule has 0 amide bonds. The second-order valence-electron chi connectivity index (χ2n) is 7.82. The van der Waals surface area contributed by atoms with E-state index in [9.17, 15) is 0 Å². The number of benzene rings is 1. The van der Waals surface area contributed by atoms with Crippen LogP contribution in [0.15, 0.2) is 41.6 Å². The summed E-state index contributed by atoms with van der Waals surface area (Å²) in [4.78, 5) is 0. The Labute approximate surface area is 164 Å². The third-order valence-corrected chi connectivity index (χ3v) is 5.83. The summed E-state index contributed by atoms with van der Waals surface area (Å²) < 4.78 is 33.7. The normalized spacial score (nSPS) is 17.2. The maximum absolute atomic E-state index is 15.6. The number of allylic oxidation sites excluding steroid dienone is 3. The summed E-state index contributed by atoms with van der Waals surface area (Å²) in [5.41, 5.74) is 7.65. The maximum Gasteiger partial charge on any atom is 0.737 e. The molecule has 4 rings (SSSR count). The Balaban J connectivity index is 1.95. The number of hydrogen-bond donors (Lipinski definition) is 0. The monoisotopic (exact) mass is 376 g/mol. The van der Waals surface area contributed by atoms with Gasteiger partial charge in [0.1, 0.15) is 5.71 Å². The lowest BCUT2D eigenvalue weighted by atomic mass is 9.86. The molecule has 2 aliphatic rings. The summed E-state index contributed by atoms with van der Waals surface area (Å²) >= 11 is 0. The quantitative estimate of drug-likeness (QED) is 0.440. The van der Waals surface area contributed by atoms with Crippen molar-refractivity contribution in [1.29, 1.82) is 0 Å². The van der Waals surface area contributed by atoms with Gasteiger partial charge in [0.2, 0.25) is 0 Å². The van der Waals surface area contributed by atoms with Crippen LogP contribution < -0.4 is 0 Å². The molecule has 0 unspecified atom stereocenters. The van der Waals surface area contributed by atoms with Gasteiger partial charge in [0, 0.05) is 46.7 Å². The Morgan fingerprint density at radius 1 is 0.929 bits per heavy atom. The molecular weight excluding hydrogens is 353 g/mol. The summed E-state index contributed by atoms with van der Waals surface area (Å²) in [5, 5.41) is 0. The number of rotatable bonds is 0. The van der Waals surface area contributed by atoms with Crippen molar-refractivity contribution in [3.8, 4) is 11.8 Å². The summed E-state index contributed by atoms with van der Waals surface area (Å²) in [5.74, 6) is 6.31. The molecule has 0 saturated heterocycles. The van der Waals surface area contributed by atoms with Gasteiger partial charge < -0.3 is 17.6 Å². The molecule has 1 aromatic heterocycles. The Kier molecular flexibility index (Phi) is 4.01. The predicted octanol–water partition coefficient (Wildman–Crippen LogP) is 5.21. The van der Waals surface area contributed by atoms with E-state index < -0.39 is 6.97 Å². The van der Waals surface area contributed by atoms with E-state index in [4.69, 9.17) is 0 Å². The molecule has 0 radical (unpaired) electrons. The van der Waals surface area contributed by atoms with Gasteiger partial charge in [0.15, 0.2) is 5.70 Å². The van der Waals surface area contributed by atoms with Crippen molar-refractivity contribution in [3.63, 3.8) is 0 Å². The van der Waals surface area contributed by atoms with E-state index in [1.165, 1.54) is 8.96 Å². The van der Waals surface area contributed by atoms with Crippen molar-refractivity contribution in [2.45, 2.75) is 41.5 Å². The van der Waals surface area contributed by atoms with E-state index in [2.05, 4.69) is 11.8 Å². The van der Waals surface area contributed by atoms with Crippen LogP contribution in [0.25, 0.3) is 5.57 Å². The van der Waals surface area contributed by atoms with E-state index >= 15 is 8.63 Å². The third kappa shape index (κ3) is 2.44. The Hall–Kier alpha value is -2.87. The second-order valence-corrected chi connectivity index (χ2v) is 7.82. The van der Waals surface area contributed by atoms with Crippen molar-refractivity contribution < 1.29 is 13.1 Å². The predicted molar refractivity (Wildman–Crippen MR) is 112 cm³/mol. The first-order valence-corrected chi connectivity index (χ1v) is 9.50. The number of aromatic nitrogens is 1. The highest BCUT2D eigenvalue weighted by Gasteiger charge is 2.54. The van der Waals surface area contributed by atoms with Crippen LogP contribution in [0.3, 0.4) is 0 Å². The van der Waals surface area contributed by atoms with Gasteiger partial charge in [-0.2, -0.15) is 0 Å². The molecule has 0 N–H and O–H groups in total. The van der Waals surface area contributed by atoms with Crippen LogP contribution in [-0.2, 0) is 0 Å². The Morgan fingerprint density at radius 3 is 2.21 bits per heavy atom. The molecule has 1 aromatic carbocycles. The SMILES string of the molecule is CC1=CC(C)=[N+]2C1=C(C)c1c(C)c(C#Cc3ccc(C)cc3)c(C)n1[B-]2(F)F. The highest BCUT2D eigenvalue weighted by atomic mass is 19.2. The number of hydrogen-bond acceptors (Lipinski definition) is 0. The molecule has 2 nitrogen and oxygen atoms in total. The average Bonchev–Trinajstić information content (AvgIpc) is 3.07. The molecule has 2 aromatic rings. The molecule has 0 spiro atoms. The van der Waals surface area contributed by atoms with Gasteiger partial charge in [-0.05, 0) is 52.3 Å². The van der Waals surface area contributed by atoms with Crippen LogP contribution in [0.2, 0.25) is 0 Å². The minimum Gasteiger partial charge on any atom is -0.392 e. The smallest absolute Gasteiger partial charge is 0.392 e.